The smallest absolute Gasteiger partial charge is 0.413 e. The average Bonchev–Trinajstić information content (AvgIpc) is 2.28. The van der Waals surface area contributed by atoms with E-state index >= 15 is 0 Å². The molecule has 0 aromatic heterocycles. The third kappa shape index (κ3) is 6.04. The summed E-state index contributed by atoms with van der Waals surface area (Å²) in [6.45, 7) is 3.60. The number of carbonyl (C=O) groups excluding carboxylic acids is 1. The molecule has 0 spiro atoms. The van der Waals surface area contributed by atoms with Gasteiger partial charge in [-0.2, -0.15) is 4.79 Å². The first-order valence-corrected chi connectivity index (χ1v) is 6.19. The van der Waals surface area contributed by atoms with Gasteiger partial charge in [0.25, 0.3) is 0 Å². The Morgan fingerprint density at radius 2 is 2.21 bits per heavy atom. The summed E-state index contributed by atoms with van der Waals surface area (Å²) < 4.78 is 10.6. The highest BCUT2D eigenvalue weighted by atomic mass is 35.5. The van der Waals surface area contributed by atoms with Crippen molar-refractivity contribution >= 4 is 23.8 Å². The topological polar surface area (TPSA) is 71.9 Å². The van der Waals surface area contributed by atoms with Crippen LogP contribution in [0.25, 0.3) is 5.53 Å². The number of carbonyl (C=O) groups is 1. The average molecular weight is 283 g/mol. The molecule has 1 aromatic rings. The van der Waals surface area contributed by atoms with Crippen LogP contribution in [0, 0.1) is 0 Å². The third-order valence-corrected chi connectivity index (χ3v) is 2.51. The molecule has 19 heavy (non-hydrogen) atoms. The first-order chi connectivity index (χ1) is 9.01. The fraction of sp³-hybridized carbons (Fsp3) is 0.385. The van der Waals surface area contributed by atoms with E-state index in [0.717, 1.165) is 0 Å². The van der Waals surface area contributed by atoms with Crippen molar-refractivity contribution in [2.75, 3.05) is 0 Å². The molecule has 1 aromatic carbocycles. The summed E-state index contributed by atoms with van der Waals surface area (Å²) in [7, 11) is 0. The van der Waals surface area contributed by atoms with Crippen LogP contribution >= 0.6 is 11.6 Å². The molecule has 6 heteroatoms. The monoisotopic (exact) mass is 282 g/mol. The largest absolute Gasteiger partial charge is 0.491 e. The third-order valence-electron chi connectivity index (χ3n) is 2.28. The fourth-order valence-corrected chi connectivity index (χ4v) is 1.79. The molecule has 1 rings (SSSR count). The van der Waals surface area contributed by atoms with E-state index < -0.39 is 5.97 Å². The highest BCUT2D eigenvalue weighted by Crippen LogP contribution is 2.19. The van der Waals surface area contributed by atoms with Crippen LogP contribution in [0.15, 0.2) is 24.3 Å². The maximum Gasteiger partial charge on any atom is 0.413 e. The first-order valence-electron chi connectivity index (χ1n) is 5.81. The van der Waals surface area contributed by atoms with Gasteiger partial charge < -0.3 is 15.0 Å². The van der Waals surface area contributed by atoms with E-state index in [0.29, 0.717) is 23.4 Å². The summed E-state index contributed by atoms with van der Waals surface area (Å²) >= 11 is 5.85. The summed E-state index contributed by atoms with van der Waals surface area (Å²) in [6, 6.07) is 7.08. The molecule has 0 unspecified atom stereocenters. The summed E-state index contributed by atoms with van der Waals surface area (Å²) in [6.07, 6.45) is 0.725. The molecule has 0 fully saturated rings. The van der Waals surface area contributed by atoms with Crippen LogP contribution in [0.4, 0.5) is 0 Å². The van der Waals surface area contributed by atoms with E-state index in [-0.39, 0.29) is 12.2 Å². The molecule has 0 bridgehead atoms. The maximum atomic E-state index is 11.0. The number of esters is 1. The van der Waals surface area contributed by atoms with Gasteiger partial charge in [-0.3, -0.25) is 0 Å². The molecule has 5 nitrogen and oxygen atoms in total. The van der Waals surface area contributed by atoms with Crippen LogP contribution in [-0.4, -0.2) is 29.2 Å². The predicted molar refractivity (Wildman–Crippen MR) is 71.4 cm³/mol. The Hall–Kier alpha value is -1.84. The molecule has 0 aliphatic carbocycles. The van der Waals surface area contributed by atoms with Crippen molar-refractivity contribution in [1.29, 1.82) is 0 Å². The van der Waals surface area contributed by atoms with Gasteiger partial charge in [0.05, 0.1) is 6.10 Å². The molecule has 0 amide bonds. The van der Waals surface area contributed by atoms with Gasteiger partial charge in [0.15, 0.2) is 0 Å². The zero-order valence-electron chi connectivity index (χ0n) is 10.7. The number of rotatable bonds is 6. The Morgan fingerprint density at radius 3 is 2.84 bits per heavy atom. The summed E-state index contributed by atoms with van der Waals surface area (Å²) in [5.74, 6) is -0.0274. The number of halogens is 1. The Labute approximate surface area is 116 Å². The van der Waals surface area contributed by atoms with Gasteiger partial charge in [0.2, 0.25) is 0 Å². The van der Waals surface area contributed by atoms with E-state index in [4.69, 9.17) is 26.6 Å². The van der Waals surface area contributed by atoms with Crippen molar-refractivity contribution in [3.05, 3.63) is 34.8 Å². The van der Waals surface area contributed by atoms with Crippen LogP contribution in [0.2, 0.25) is 5.02 Å². The summed E-state index contributed by atoms with van der Waals surface area (Å²) in [5, 5.41) is 0.600. The molecule has 0 saturated carbocycles. The highest BCUT2D eigenvalue weighted by molar-refractivity contribution is 6.30. The molecule has 102 valence electrons. The molecule has 0 radical (unpaired) electrons. The molecule has 0 N–H and O–H groups in total. The standard InChI is InChI=1S/C13H15ClN2O3/c1-9(6-10(2)19-13(17)8-16-15)18-12-5-3-4-11(14)7-12/h3-5,7-10H,6H2,1-2H3/t9-,10+/m0/s1. The van der Waals surface area contributed by atoms with E-state index in [9.17, 15) is 4.79 Å². The van der Waals surface area contributed by atoms with Crippen LogP contribution < -0.4 is 4.74 Å². The van der Waals surface area contributed by atoms with Crippen molar-refractivity contribution in [3.63, 3.8) is 0 Å². The second kappa shape index (κ2) is 7.56. The quantitative estimate of drug-likeness (QED) is 0.348. The van der Waals surface area contributed by atoms with Gasteiger partial charge in [-0.1, -0.05) is 17.7 Å². The molecule has 0 aliphatic heterocycles. The zero-order valence-corrected chi connectivity index (χ0v) is 11.5. The number of hydrogen-bond donors (Lipinski definition) is 0. The van der Waals surface area contributed by atoms with E-state index in [1.807, 2.05) is 6.92 Å². The maximum absolute atomic E-state index is 11.0. The number of ether oxygens (including phenoxy) is 2. The minimum Gasteiger partial charge on any atom is -0.491 e. The van der Waals surface area contributed by atoms with Crippen LogP contribution in [-0.2, 0) is 9.53 Å². The molecule has 0 saturated heterocycles. The second-order valence-electron chi connectivity index (χ2n) is 4.11. The zero-order chi connectivity index (χ0) is 14.3. The van der Waals surface area contributed by atoms with Crippen LogP contribution in [0.1, 0.15) is 20.3 Å². The molecular formula is C13H15ClN2O3. The second-order valence-corrected chi connectivity index (χ2v) is 4.55. The fourth-order valence-electron chi connectivity index (χ4n) is 1.61. The van der Waals surface area contributed by atoms with Gasteiger partial charge in [-0.05, 0) is 32.0 Å². The van der Waals surface area contributed by atoms with E-state index in [1.54, 1.807) is 31.2 Å². The van der Waals surface area contributed by atoms with E-state index in [2.05, 4.69) is 4.79 Å². The van der Waals surface area contributed by atoms with Crippen molar-refractivity contribution in [1.82, 2.24) is 0 Å². The van der Waals surface area contributed by atoms with Gasteiger partial charge >= 0.3 is 12.2 Å². The Bertz CT molecular complexity index is 487. The summed E-state index contributed by atoms with van der Waals surface area (Å²) in [5.41, 5.74) is 8.18. The van der Waals surface area contributed by atoms with Crippen molar-refractivity contribution in [2.24, 2.45) is 0 Å². The number of benzene rings is 1. The first kappa shape index (κ1) is 15.2. The van der Waals surface area contributed by atoms with Gasteiger partial charge in [0, 0.05) is 11.4 Å². The van der Waals surface area contributed by atoms with Gasteiger partial charge in [-0.15, -0.1) is 0 Å². The normalized spacial score (nSPS) is 13.0. The molecular weight excluding hydrogens is 268 g/mol. The highest BCUT2D eigenvalue weighted by Gasteiger charge is 2.15. The van der Waals surface area contributed by atoms with Crippen molar-refractivity contribution in [2.45, 2.75) is 32.5 Å². The van der Waals surface area contributed by atoms with Crippen LogP contribution in [0.3, 0.4) is 0 Å². The van der Waals surface area contributed by atoms with Crippen LogP contribution in [0.5, 0.6) is 5.75 Å². The lowest BCUT2D eigenvalue weighted by Gasteiger charge is -2.18. The Morgan fingerprint density at radius 1 is 1.47 bits per heavy atom. The number of hydrogen-bond acceptors (Lipinski definition) is 3. The predicted octanol–water partition coefficient (Wildman–Crippen LogP) is 2.73. The van der Waals surface area contributed by atoms with Gasteiger partial charge in [-0.25, -0.2) is 4.79 Å². The lowest BCUT2D eigenvalue weighted by atomic mass is 10.2. The minimum absolute atomic E-state index is 0.146. The SMILES string of the molecule is C[C@H](C[C@H](C)Oc1cccc(Cl)c1)OC(=O)C=[N+]=[N-]. The minimum atomic E-state index is -0.690. The lowest BCUT2D eigenvalue weighted by Crippen LogP contribution is -2.23. The lowest BCUT2D eigenvalue weighted by molar-refractivity contribution is -0.144. The van der Waals surface area contributed by atoms with E-state index in [1.165, 1.54) is 0 Å². The van der Waals surface area contributed by atoms with Crippen molar-refractivity contribution < 1.29 is 19.1 Å². The number of nitrogens with zero attached hydrogens (tertiary/aromatic N) is 2. The molecule has 0 aliphatic rings. The van der Waals surface area contributed by atoms with Crippen molar-refractivity contribution in [3.8, 4) is 5.75 Å². The summed E-state index contributed by atoms with van der Waals surface area (Å²) in [4.78, 5) is 13.6. The molecule has 2 atom stereocenters. The molecule has 0 heterocycles. The Balaban J connectivity index is 2.44. The van der Waals surface area contributed by atoms with Gasteiger partial charge in [0.1, 0.15) is 11.9 Å². The Kier molecular flexibility index (Phi) is 6.06.